The summed E-state index contributed by atoms with van der Waals surface area (Å²) < 4.78 is 0. The molecule has 0 radical (unpaired) electrons. The minimum absolute atomic E-state index is 0.0516. The van der Waals surface area contributed by atoms with Gasteiger partial charge in [-0.05, 0) is 174 Å². The van der Waals surface area contributed by atoms with Gasteiger partial charge in [-0.25, -0.2) is 0 Å². The molecule has 8 rings (SSSR count). The van der Waals surface area contributed by atoms with Gasteiger partial charge in [0.05, 0.1) is 12.2 Å². The summed E-state index contributed by atoms with van der Waals surface area (Å²) in [5.41, 5.74) is 4.28. The highest BCUT2D eigenvalue weighted by Gasteiger charge is 2.61. The van der Waals surface area contributed by atoms with E-state index in [0.717, 1.165) is 85.9 Å². The number of hydrogen-bond acceptors (Lipinski definition) is 4. The number of aliphatic hydroxyl groups is 2. The van der Waals surface area contributed by atoms with Crippen molar-refractivity contribution in [3.63, 3.8) is 0 Å². The minimum atomic E-state index is -0.0516. The third-order valence-corrected chi connectivity index (χ3v) is 17.0. The Bertz CT molecular complexity index is 1060. The first-order valence-electron chi connectivity index (χ1n) is 18.6. The smallest absolute Gasteiger partial charge is 0.0543 e. The zero-order chi connectivity index (χ0) is 29.1. The average molecular weight is 577 g/mol. The summed E-state index contributed by atoms with van der Waals surface area (Å²) in [5, 5.41) is 31.4. The van der Waals surface area contributed by atoms with Crippen molar-refractivity contribution < 1.29 is 10.2 Å². The number of fused-ring (bicyclic) bond motifs is 10. The Morgan fingerprint density at radius 1 is 0.500 bits per heavy atom. The predicted octanol–water partition coefficient (Wildman–Crippen LogP) is 8.59. The van der Waals surface area contributed by atoms with E-state index in [2.05, 4.69) is 27.7 Å². The topological polar surface area (TPSA) is 65.2 Å². The number of hydrogen-bond donors (Lipinski definition) is 2. The number of rotatable bonds is 1. The summed E-state index contributed by atoms with van der Waals surface area (Å²) in [4.78, 5) is 0. The zero-order valence-corrected chi connectivity index (χ0v) is 27.3. The lowest BCUT2D eigenvalue weighted by Gasteiger charge is -2.60. The summed E-state index contributed by atoms with van der Waals surface area (Å²) in [6.07, 6.45) is 22.2. The van der Waals surface area contributed by atoms with Crippen molar-refractivity contribution in [2.75, 3.05) is 0 Å². The van der Waals surface area contributed by atoms with E-state index in [9.17, 15) is 10.2 Å². The summed E-state index contributed by atoms with van der Waals surface area (Å²) in [6, 6.07) is 0. The Hall–Kier alpha value is -0.740. The molecule has 42 heavy (non-hydrogen) atoms. The maximum Gasteiger partial charge on any atom is 0.0543 e. The first kappa shape index (κ1) is 28.7. The summed E-state index contributed by atoms with van der Waals surface area (Å²) >= 11 is 0. The van der Waals surface area contributed by atoms with E-state index in [4.69, 9.17) is 10.2 Å². The molecule has 14 atom stereocenters. The Balaban J connectivity index is 1.00. The van der Waals surface area contributed by atoms with Crippen molar-refractivity contribution in [3.05, 3.63) is 0 Å². The quantitative estimate of drug-likeness (QED) is 0.307. The molecule has 0 aromatic rings. The molecule has 0 bridgehead atoms. The van der Waals surface area contributed by atoms with Crippen LogP contribution in [0.5, 0.6) is 0 Å². The van der Waals surface area contributed by atoms with Crippen molar-refractivity contribution in [1.82, 2.24) is 0 Å². The maximum atomic E-state index is 10.4. The highest BCUT2D eigenvalue weighted by atomic mass is 16.3. The molecule has 0 saturated heterocycles. The van der Waals surface area contributed by atoms with Crippen LogP contribution in [0.2, 0.25) is 0 Å². The van der Waals surface area contributed by atoms with E-state index >= 15 is 0 Å². The molecular weight excluding hydrogens is 516 g/mol. The van der Waals surface area contributed by atoms with Crippen LogP contribution in [0.4, 0.5) is 0 Å². The lowest BCUT2D eigenvalue weighted by Crippen LogP contribution is -2.54. The highest BCUT2D eigenvalue weighted by molar-refractivity contribution is 5.95. The van der Waals surface area contributed by atoms with Gasteiger partial charge >= 0.3 is 0 Å². The summed E-state index contributed by atoms with van der Waals surface area (Å²) in [6.45, 7) is 10.4. The van der Waals surface area contributed by atoms with Crippen molar-refractivity contribution in [2.45, 2.75) is 155 Å². The van der Waals surface area contributed by atoms with Crippen LogP contribution in [0.15, 0.2) is 10.2 Å². The van der Waals surface area contributed by atoms with E-state index in [-0.39, 0.29) is 23.0 Å². The fourth-order valence-electron chi connectivity index (χ4n) is 14.5. The number of aliphatic hydroxyl groups excluding tert-OH is 2. The van der Waals surface area contributed by atoms with Crippen molar-refractivity contribution >= 4 is 11.4 Å². The van der Waals surface area contributed by atoms with Crippen molar-refractivity contribution in [2.24, 2.45) is 79.2 Å². The molecule has 0 unspecified atom stereocenters. The van der Waals surface area contributed by atoms with E-state index in [1.807, 2.05) is 0 Å². The SMILES string of the molecule is C[C@]12CC[C@H](O)C[C@H]1CC[C@@H]1[C@@H]2CC[C@]2(C)/C(=N\N=C3/CC[C@H]4[C@@H]5CC[C@H]6C[C@@H](O)CC[C@]6(C)[C@H]5CC[C@]34C)CC[C@@H]12. The molecule has 0 aromatic carbocycles. The molecular formula is C38H60N2O2. The average Bonchev–Trinajstić information content (AvgIpc) is 3.48. The lowest BCUT2D eigenvalue weighted by molar-refractivity contribution is -0.114. The monoisotopic (exact) mass is 576 g/mol. The third kappa shape index (κ3) is 3.97. The van der Waals surface area contributed by atoms with Gasteiger partial charge in [-0.1, -0.05) is 27.7 Å². The first-order valence-corrected chi connectivity index (χ1v) is 18.6. The van der Waals surface area contributed by atoms with Gasteiger partial charge in [-0.3, -0.25) is 0 Å². The predicted molar refractivity (Wildman–Crippen MR) is 170 cm³/mol. The molecule has 8 saturated carbocycles. The molecule has 2 N–H and O–H groups in total. The van der Waals surface area contributed by atoms with Crippen LogP contribution in [0, 0.1) is 69.0 Å². The van der Waals surface area contributed by atoms with Gasteiger partial charge in [0.1, 0.15) is 0 Å². The first-order chi connectivity index (χ1) is 20.1. The van der Waals surface area contributed by atoms with Crippen LogP contribution in [-0.2, 0) is 0 Å². The fourth-order valence-corrected chi connectivity index (χ4v) is 14.5. The molecule has 8 aliphatic carbocycles. The highest BCUT2D eigenvalue weighted by Crippen LogP contribution is 2.67. The molecule has 4 nitrogen and oxygen atoms in total. The number of nitrogens with zero attached hydrogens (tertiary/aromatic N) is 2. The molecule has 0 heterocycles. The Morgan fingerprint density at radius 2 is 0.929 bits per heavy atom. The van der Waals surface area contributed by atoms with Crippen LogP contribution in [0.25, 0.3) is 0 Å². The lowest BCUT2D eigenvalue weighted by atomic mass is 9.45. The van der Waals surface area contributed by atoms with Crippen LogP contribution in [0.3, 0.4) is 0 Å². The molecule has 8 fully saturated rings. The van der Waals surface area contributed by atoms with E-state index in [1.165, 1.54) is 88.5 Å². The summed E-state index contributed by atoms with van der Waals surface area (Å²) in [5.74, 6) is 6.44. The van der Waals surface area contributed by atoms with Gasteiger partial charge < -0.3 is 10.2 Å². The van der Waals surface area contributed by atoms with Crippen LogP contribution < -0.4 is 0 Å². The van der Waals surface area contributed by atoms with Crippen LogP contribution in [-0.4, -0.2) is 33.8 Å². The Kier molecular flexibility index (Phi) is 6.75. The zero-order valence-electron chi connectivity index (χ0n) is 27.3. The molecule has 0 aromatic heterocycles. The summed E-state index contributed by atoms with van der Waals surface area (Å²) in [7, 11) is 0. The molecule has 8 aliphatic rings. The van der Waals surface area contributed by atoms with Gasteiger partial charge in [0.15, 0.2) is 0 Å². The Labute approximate surface area is 256 Å². The third-order valence-electron chi connectivity index (χ3n) is 17.0. The van der Waals surface area contributed by atoms with Gasteiger partial charge in [0, 0.05) is 22.3 Å². The normalized spacial score (nSPS) is 58.9. The molecule has 234 valence electrons. The van der Waals surface area contributed by atoms with Gasteiger partial charge in [-0.15, -0.1) is 0 Å². The molecule has 0 spiro atoms. The second-order valence-corrected chi connectivity index (χ2v) is 18.3. The maximum absolute atomic E-state index is 10.4. The fraction of sp³-hybridized carbons (Fsp3) is 0.947. The molecule has 0 amide bonds. The minimum Gasteiger partial charge on any atom is -0.393 e. The van der Waals surface area contributed by atoms with E-state index < -0.39 is 0 Å². The van der Waals surface area contributed by atoms with Gasteiger partial charge in [0.25, 0.3) is 0 Å². The second kappa shape index (κ2) is 9.88. The Morgan fingerprint density at radius 3 is 1.36 bits per heavy atom. The largest absolute Gasteiger partial charge is 0.393 e. The van der Waals surface area contributed by atoms with Crippen LogP contribution in [0.1, 0.15) is 143 Å². The van der Waals surface area contributed by atoms with Crippen LogP contribution >= 0.6 is 0 Å². The van der Waals surface area contributed by atoms with E-state index in [0.29, 0.717) is 10.8 Å². The standard InChI is InChI=1S/C38H60N2O2/c1-35-17-13-25(41)21-23(35)5-7-27-29-9-11-33(37(29,3)19-15-31(27)35)39-40-34-12-10-30-28-8-6-24-22-26(42)14-18-36(24,2)32(28)16-20-38(30,34)4/h23-32,41-42H,5-22H2,1-4H3/b39-33-,40-34+/t23-,24+,25+,26+,27+,28+,29+,30+,31+,32+,35+,36+,37+,38+/m1/s1. The van der Waals surface area contributed by atoms with Crippen molar-refractivity contribution in [3.8, 4) is 0 Å². The van der Waals surface area contributed by atoms with Crippen molar-refractivity contribution in [1.29, 1.82) is 0 Å². The second-order valence-electron chi connectivity index (χ2n) is 18.3. The molecule has 0 aliphatic heterocycles. The van der Waals surface area contributed by atoms with Gasteiger partial charge in [-0.2, -0.15) is 10.2 Å². The van der Waals surface area contributed by atoms with Gasteiger partial charge in [0.2, 0.25) is 0 Å². The van der Waals surface area contributed by atoms with E-state index in [1.54, 1.807) is 0 Å². The molecule has 4 heteroatoms.